The minimum absolute atomic E-state index is 0.391. The smallest absolute Gasteiger partial charge is 0.316 e. The molecule has 0 saturated heterocycles. The Bertz CT molecular complexity index is 268. The maximum absolute atomic E-state index is 11.3. The van der Waals surface area contributed by atoms with Crippen molar-refractivity contribution in [1.29, 1.82) is 0 Å². The molecule has 0 rings (SSSR count). The molecule has 0 aliphatic rings. The summed E-state index contributed by atoms with van der Waals surface area (Å²) in [4.78, 5) is 32.8. The van der Waals surface area contributed by atoms with Crippen molar-refractivity contribution in [3.05, 3.63) is 11.6 Å². The van der Waals surface area contributed by atoms with Crippen LogP contribution in [0.1, 0.15) is 20.3 Å². The molecular weight excluding hydrogens is 196 g/mol. The normalized spacial score (nSPS) is 15.3. The van der Waals surface area contributed by atoms with E-state index < -0.39 is 17.8 Å². The lowest BCUT2D eigenvalue weighted by Gasteiger charge is -2.19. The van der Waals surface area contributed by atoms with Crippen molar-refractivity contribution >= 4 is 18.5 Å². The van der Waals surface area contributed by atoms with Gasteiger partial charge >= 0.3 is 5.97 Å². The molecule has 0 spiro atoms. The number of ether oxygens (including phenoxy) is 1. The molecule has 0 aromatic rings. The Morgan fingerprint density at radius 3 is 2.27 bits per heavy atom. The number of rotatable bonds is 6. The molecule has 0 aliphatic carbocycles. The van der Waals surface area contributed by atoms with Crippen LogP contribution in [0.5, 0.6) is 0 Å². The predicted molar refractivity (Wildman–Crippen MR) is 55.2 cm³/mol. The highest BCUT2D eigenvalue weighted by molar-refractivity contribution is 5.90. The second-order valence-electron chi connectivity index (χ2n) is 3.11. The molecule has 0 bridgehead atoms. The summed E-state index contributed by atoms with van der Waals surface area (Å²) in [5, 5.41) is 0. The Balaban J connectivity index is 4.98. The number of allylic oxidation sites excluding steroid dienone is 2. The number of hydrogen-bond donors (Lipinski definition) is 0. The molecule has 4 nitrogen and oxygen atoms in total. The Morgan fingerprint density at radius 2 is 2.00 bits per heavy atom. The molecule has 2 unspecified atom stereocenters. The lowest BCUT2D eigenvalue weighted by Crippen LogP contribution is -2.27. The van der Waals surface area contributed by atoms with Crippen molar-refractivity contribution < 1.29 is 19.1 Å². The molecular formula is C11H16O4. The van der Waals surface area contributed by atoms with E-state index in [1.54, 1.807) is 13.0 Å². The maximum Gasteiger partial charge on any atom is 0.316 e. The minimum Gasteiger partial charge on any atom is -0.468 e. The van der Waals surface area contributed by atoms with Gasteiger partial charge in [-0.25, -0.2) is 0 Å². The third-order valence-corrected chi connectivity index (χ3v) is 2.39. The topological polar surface area (TPSA) is 60.4 Å². The average Bonchev–Trinajstić information content (AvgIpc) is 2.28. The zero-order valence-corrected chi connectivity index (χ0v) is 9.23. The SMILES string of the molecule is CC=C(C=O)C(CC)C(C=O)C(=O)OC. The number of methoxy groups -OCH3 is 1. The molecule has 0 aliphatic heterocycles. The number of carbonyl (C=O) groups is 3. The van der Waals surface area contributed by atoms with E-state index in [0.717, 1.165) is 0 Å². The van der Waals surface area contributed by atoms with E-state index in [9.17, 15) is 14.4 Å². The van der Waals surface area contributed by atoms with Crippen molar-refractivity contribution in [2.75, 3.05) is 7.11 Å². The van der Waals surface area contributed by atoms with Gasteiger partial charge in [0.15, 0.2) is 0 Å². The largest absolute Gasteiger partial charge is 0.468 e. The van der Waals surface area contributed by atoms with Crippen LogP contribution >= 0.6 is 0 Å². The van der Waals surface area contributed by atoms with Gasteiger partial charge < -0.3 is 9.53 Å². The van der Waals surface area contributed by atoms with Crippen LogP contribution in [0.4, 0.5) is 0 Å². The Labute approximate surface area is 89.3 Å². The molecule has 0 aromatic heterocycles. The Morgan fingerprint density at radius 1 is 1.40 bits per heavy atom. The third kappa shape index (κ3) is 3.31. The summed E-state index contributed by atoms with van der Waals surface area (Å²) in [6, 6.07) is 0. The highest BCUT2D eigenvalue weighted by Crippen LogP contribution is 2.23. The first kappa shape index (κ1) is 13.5. The molecule has 0 fully saturated rings. The number of esters is 1. The standard InChI is InChI=1S/C11H16O4/c1-4-8(6-12)9(5-2)10(7-13)11(14)15-3/h4,6-7,9-10H,5H2,1-3H3. The van der Waals surface area contributed by atoms with Crippen LogP contribution in [0.15, 0.2) is 11.6 Å². The van der Waals surface area contributed by atoms with Gasteiger partial charge in [-0.1, -0.05) is 13.0 Å². The van der Waals surface area contributed by atoms with Crippen molar-refractivity contribution in [3.8, 4) is 0 Å². The molecule has 2 atom stereocenters. The Hall–Kier alpha value is -1.45. The van der Waals surface area contributed by atoms with E-state index in [0.29, 0.717) is 24.6 Å². The quantitative estimate of drug-likeness (QED) is 0.287. The molecule has 0 aromatic carbocycles. The highest BCUT2D eigenvalue weighted by atomic mass is 16.5. The van der Waals surface area contributed by atoms with Crippen LogP contribution in [0, 0.1) is 11.8 Å². The summed E-state index contributed by atoms with van der Waals surface area (Å²) in [5.41, 5.74) is 0.458. The first-order valence-corrected chi connectivity index (χ1v) is 4.80. The van der Waals surface area contributed by atoms with Gasteiger partial charge in [-0.2, -0.15) is 0 Å². The summed E-state index contributed by atoms with van der Waals surface area (Å²) in [7, 11) is 1.22. The van der Waals surface area contributed by atoms with E-state index in [-0.39, 0.29) is 0 Å². The van der Waals surface area contributed by atoms with E-state index in [2.05, 4.69) is 4.74 Å². The average molecular weight is 212 g/mol. The van der Waals surface area contributed by atoms with Gasteiger partial charge in [0.1, 0.15) is 18.5 Å². The zero-order chi connectivity index (χ0) is 11.8. The summed E-state index contributed by atoms with van der Waals surface area (Å²) < 4.78 is 4.51. The first-order valence-electron chi connectivity index (χ1n) is 4.80. The van der Waals surface area contributed by atoms with E-state index >= 15 is 0 Å². The summed E-state index contributed by atoms with van der Waals surface area (Å²) >= 11 is 0. The van der Waals surface area contributed by atoms with Crippen molar-refractivity contribution in [3.63, 3.8) is 0 Å². The molecule has 0 radical (unpaired) electrons. The predicted octanol–water partition coefficient (Wildman–Crippen LogP) is 1.15. The molecule has 84 valence electrons. The van der Waals surface area contributed by atoms with Gasteiger partial charge in [-0.3, -0.25) is 9.59 Å². The van der Waals surface area contributed by atoms with E-state index in [4.69, 9.17) is 0 Å². The van der Waals surface area contributed by atoms with Crippen LogP contribution in [-0.2, 0) is 19.1 Å². The van der Waals surface area contributed by atoms with Gasteiger partial charge in [0.05, 0.1) is 7.11 Å². The monoisotopic (exact) mass is 212 g/mol. The van der Waals surface area contributed by atoms with Crippen molar-refractivity contribution in [1.82, 2.24) is 0 Å². The van der Waals surface area contributed by atoms with Gasteiger partial charge in [-0.05, 0) is 18.9 Å². The van der Waals surface area contributed by atoms with Gasteiger partial charge in [0, 0.05) is 5.92 Å². The third-order valence-electron chi connectivity index (χ3n) is 2.39. The van der Waals surface area contributed by atoms with E-state index in [1.165, 1.54) is 7.11 Å². The van der Waals surface area contributed by atoms with Crippen LogP contribution in [0.2, 0.25) is 0 Å². The molecule has 0 heterocycles. The second-order valence-corrected chi connectivity index (χ2v) is 3.11. The zero-order valence-electron chi connectivity index (χ0n) is 9.23. The lowest BCUT2D eigenvalue weighted by atomic mass is 9.85. The van der Waals surface area contributed by atoms with Gasteiger partial charge in [0.2, 0.25) is 0 Å². The van der Waals surface area contributed by atoms with Crippen LogP contribution in [-0.4, -0.2) is 25.7 Å². The minimum atomic E-state index is -0.892. The van der Waals surface area contributed by atoms with Crippen molar-refractivity contribution in [2.24, 2.45) is 11.8 Å². The number of carbonyl (C=O) groups excluding carboxylic acids is 3. The summed E-state index contributed by atoms with van der Waals surface area (Å²) in [6.07, 6.45) is 3.36. The fourth-order valence-electron chi connectivity index (χ4n) is 1.52. The fraction of sp³-hybridized carbons (Fsp3) is 0.545. The lowest BCUT2D eigenvalue weighted by molar-refractivity contribution is -0.148. The summed E-state index contributed by atoms with van der Waals surface area (Å²) in [5.74, 6) is -1.88. The van der Waals surface area contributed by atoms with Crippen LogP contribution < -0.4 is 0 Å². The molecule has 0 N–H and O–H groups in total. The molecule has 4 heteroatoms. The maximum atomic E-state index is 11.3. The Kier molecular flexibility index (Phi) is 6.25. The molecule has 0 amide bonds. The van der Waals surface area contributed by atoms with E-state index in [1.807, 2.05) is 6.92 Å². The van der Waals surface area contributed by atoms with Gasteiger partial charge in [0.25, 0.3) is 0 Å². The van der Waals surface area contributed by atoms with Crippen LogP contribution in [0.25, 0.3) is 0 Å². The number of hydrogen-bond acceptors (Lipinski definition) is 4. The molecule has 15 heavy (non-hydrogen) atoms. The molecule has 0 saturated carbocycles. The van der Waals surface area contributed by atoms with Crippen molar-refractivity contribution in [2.45, 2.75) is 20.3 Å². The second kappa shape index (κ2) is 6.92. The first-order chi connectivity index (χ1) is 7.15. The highest BCUT2D eigenvalue weighted by Gasteiger charge is 2.29. The van der Waals surface area contributed by atoms with Crippen LogP contribution in [0.3, 0.4) is 0 Å². The van der Waals surface area contributed by atoms with Gasteiger partial charge in [-0.15, -0.1) is 0 Å². The fourth-order valence-corrected chi connectivity index (χ4v) is 1.52. The summed E-state index contributed by atoms with van der Waals surface area (Å²) in [6.45, 7) is 3.52. The number of aldehydes is 2.